The third-order valence-corrected chi connectivity index (χ3v) is 5.16. The zero-order valence-corrected chi connectivity index (χ0v) is 16.7. The van der Waals surface area contributed by atoms with Gasteiger partial charge >= 0.3 is 12.4 Å². The number of alkyl halides is 6. The van der Waals surface area contributed by atoms with Crippen molar-refractivity contribution in [3.8, 4) is 17.5 Å². The quantitative estimate of drug-likeness (QED) is 0.541. The largest absolute Gasteiger partial charge is 0.474 e. The number of anilines is 1. The number of hydrogen-bond acceptors (Lipinski definition) is 8. The van der Waals surface area contributed by atoms with Crippen molar-refractivity contribution < 1.29 is 45.7 Å². The molecule has 0 spiro atoms. The minimum atomic E-state index is -5.19. The number of pyridine rings is 1. The average molecular weight is 470 g/mol. The molecule has 0 amide bonds. The van der Waals surface area contributed by atoms with Gasteiger partial charge in [-0.15, -0.1) is 10.2 Å². The number of aliphatic hydroxyl groups excluding tert-OH is 1. The summed E-state index contributed by atoms with van der Waals surface area (Å²) < 4.78 is 91.8. The number of rotatable bonds is 1. The molecule has 2 aromatic rings. The van der Waals surface area contributed by atoms with E-state index in [9.17, 15) is 36.6 Å². The van der Waals surface area contributed by atoms with Gasteiger partial charge in [0.1, 0.15) is 5.56 Å². The average Bonchev–Trinajstić information content (AvgIpc) is 3.16. The first-order valence-electron chi connectivity index (χ1n) is 9.55. The van der Waals surface area contributed by atoms with Crippen LogP contribution in [0.2, 0.25) is 0 Å². The van der Waals surface area contributed by atoms with Crippen LogP contribution in [0.5, 0.6) is 5.88 Å². The molecular weight excluding hydrogens is 450 g/mol. The van der Waals surface area contributed by atoms with Crippen molar-refractivity contribution in [1.82, 2.24) is 15.2 Å². The molecule has 178 valence electrons. The van der Waals surface area contributed by atoms with E-state index in [0.717, 1.165) is 0 Å². The molecule has 4 N–H and O–H groups in total. The number of aromatic nitrogens is 3. The Labute approximate surface area is 177 Å². The van der Waals surface area contributed by atoms with Crippen molar-refractivity contribution in [2.75, 3.05) is 12.3 Å². The molecule has 1 unspecified atom stereocenters. The number of halogens is 6. The van der Waals surface area contributed by atoms with Gasteiger partial charge in [0.15, 0.2) is 5.69 Å². The third kappa shape index (κ3) is 4.60. The van der Waals surface area contributed by atoms with Gasteiger partial charge in [-0.1, -0.05) is 0 Å². The van der Waals surface area contributed by atoms with Crippen molar-refractivity contribution >= 4 is 5.69 Å². The minimum absolute atomic E-state index is 0.0239. The summed E-state index contributed by atoms with van der Waals surface area (Å²) in [4.78, 5) is 3.69. The van der Waals surface area contributed by atoms with E-state index in [-0.39, 0.29) is 19.3 Å². The highest BCUT2D eigenvalue weighted by Crippen LogP contribution is 2.44. The molecule has 1 aliphatic rings. The summed E-state index contributed by atoms with van der Waals surface area (Å²) in [6.07, 6.45) is -12.0. The monoisotopic (exact) mass is 470 g/mol. The van der Waals surface area contributed by atoms with Crippen LogP contribution in [0.25, 0.3) is 11.6 Å². The number of hydrogen-bond donors (Lipinski definition) is 3. The predicted molar refractivity (Wildman–Crippen MR) is 96.0 cm³/mol. The van der Waals surface area contributed by atoms with Crippen LogP contribution in [0, 0.1) is 5.92 Å². The number of nitrogen functional groups attached to an aromatic ring is 1. The van der Waals surface area contributed by atoms with Crippen molar-refractivity contribution in [1.29, 1.82) is 0 Å². The van der Waals surface area contributed by atoms with Crippen LogP contribution in [0.15, 0.2) is 10.5 Å². The van der Waals surface area contributed by atoms with E-state index in [0.29, 0.717) is 6.07 Å². The van der Waals surface area contributed by atoms with Crippen molar-refractivity contribution in [3.63, 3.8) is 0 Å². The predicted octanol–water partition coefficient (Wildman–Crippen LogP) is 3.43. The van der Waals surface area contributed by atoms with E-state index in [1.807, 2.05) is 0 Å². The number of aliphatic hydroxyl groups is 2. The van der Waals surface area contributed by atoms with Gasteiger partial charge in [0.25, 0.3) is 11.8 Å². The Kier molecular flexibility index (Phi) is 6.30. The number of nitrogens with zero attached hydrogens (tertiary/aromatic N) is 3. The standard InChI is InChI=1S/C18H20F6N4O4/c1-8-5-9(7-29)3-2-4-16(30,18(22,23)24)15-28-27-14(32-15)12-11(25)6-10(17(19,20)21)13(26-12)31-8/h6,8-9,29-30H,2-5,7,25H2,1H3/t8-,9?,16-/m1/s1. The van der Waals surface area contributed by atoms with Gasteiger partial charge in [-0.3, -0.25) is 0 Å². The fourth-order valence-electron chi connectivity index (χ4n) is 3.47. The number of fused-ring (bicyclic) bond motifs is 5. The summed E-state index contributed by atoms with van der Waals surface area (Å²) in [6, 6.07) is 0.500. The lowest BCUT2D eigenvalue weighted by Crippen LogP contribution is -2.42. The van der Waals surface area contributed by atoms with Gasteiger partial charge in [-0.2, -0.15) is 26.3 Å². The Morgan fingerprint density at radius 3 is 2.50 bits per heavy atom. The number of ether oxygens (including phenoxy) is 1. The molecular formula is C18H20F6N4O4. The molecule has 14 heteroatoms. The van der Waals surface area contributed by atoms with Crippen LogP contribution in [0.4, 0.5) is 32.0 Å². The molecule has 4 bridgehead atoms. The molecule has 0 saturated carbocycles. The Morgan fingerprint density at radius 1 is 1.22 bits per heavy atom. The van der Waals surface area contributed by atoms with E-state index in [2.05, 4.69) is 15.2 Å². The summed E-state index contributed by atoms with van der Waals surface area (Å²) >= 11 is 0. The number of nitrogens with two attached hydrogens (primary N) is 1. The lowest BCUT2D eigenvalue weighted by molar-refractivity contribution is -0.277. The van der Waals surface area contributed by atoms with Crippen LogP contribution in [-0.4, -0.2) is 44.3 Å². The molecule has 0 aliphatic carbocycles. The van der Waals surface area contributed by atoms with Crippen LogP contribution in [0.3, 0.4) is 0 Å². The molecule has 32 heavy (non-hydrogen) atoms. The molecule has 0 saturated heterocycles. The third-order valence-electron chi connectivity index (χ3n) is 5.16. The molecule has 3 heterocycles. The van der Waals surface area contributed by atoms with Gasteiger partial charge in [0, 0.05) is 6.61 Å². The Hall–Kier alpha value is -2.61. The lowest BCUT2D eigenvalue weighted by atomic mass is 9.90. The fourth-order valence-corrected chi connectivity index (χ4v) is 3.47. The second-order valence-corrected chi connectivity index (χ2v) is 7.65. The second kappa shape index (κ2) is 8.39. The van der Waals surface area contributed by atoms with Crippen LogP contribution >= 0.6 is 0 Å². The van der Waals surface area contributed by atoms with E-state index < -0.39 is 77.6 Å². The summed E-state index contributed by atoms with van der Waals surface area (Å²) in [5, 5.41) is 26.6. The first-order valence-corrected chi connectivity index (χ1v) is 9.55. The van der Waals surface area contributed by atoms with E-state index in [1.54, 1.807) is 0 Å². The first kappa shape index (κ1) is 24.0. The van der Waals surface area contributed by atoms with E-state index in [4.69, 9.17) is 14.9 Å². The molecule has 3 atom stereocenters. The molecule has 8 nitrogen and oxygen atoms in total. The Morgan fingerprint density at radius 2 is 1.91 bits per heavy atom. The summed E-state index contributed by atoms with van der Waals surface area (Å²) in [5.74, 6) is -3.40. The highest BCUT2D eigenvalue weighted by atomic mass is 19.4. The highest BCUT2D eigenvalue weighted by molar-refractivity contribution is 5.68. The molecule has 1 aliphatic heterocycles. The maximum atomic E-state index is 13.7. The maximum absolute atomic E-state index is 13.7. The van der Waals surface area contributed by atoms with Gasteiger partial charge < -0.3 is 25.1 Å². The van der Waals surface area contributed by atoms with Gasteiger partial charge in [-0.05, 0) is 44.6 Å². The molecule has 0 aromatic carbocycles. The molecule has 3 rings (SSSR count). The maximum Gasteiger partial charge on any atom is 0.426 e. The summed E-state index contributed by atoms with van der Waals surface area (Å²) in [5.41, 5.74) is -0.293. The second-order valence-electron chi connectivity index (χ2n) is 7.65. The molecule has 0 radical (unpaired) electrons. The summed E-state index contributed by atoms with van der Waals surface area (Å²) in [6.45, 7) is 0.985. The van der Waals surface area contributed by atoms with Crippen molar-refractivity contribution in [2.45, 2.75) is 56.7 Å². The van der Waals surface area contributed by atoms with E-state index in [1.165, 1.54) is 6.92 Å². The van der Waals surface area contributed by atoms with Crippen LogP contribution < -0.4 is 10.5 Å². The van der Waals surface area contributed by atoms with Crippen molar-refractivity contribution in [2.24, 2.45) is 5.92 Å². The Balaban J connectivity index is 2.19. The Bertz CT molecular complexity index is 964. The topological polar surface area (TPSA) is 128 Å². The fraction of sp³-hybridized carbons (Fsp3) is 0.611. The van der Waals surface area contributed by atoms with Gasteiger partial charge in [0.05, 0.1) is 11.8 Å². The van der Waals surface area contributed by atoms with Gasteiger partial charge in [-0.25, -0.2) is 4.98 Å². The van der Waals surface area contributed by atoms with Crippen LogP contribution in [0.1, 0.15) is 44.1 Å². The molecule has 0 fully saturated rings. The highest BCUT2D eigenvalue weighted by Gasteiger charge is 2.58. The SMILES string of the molecule is C[C@@H]1CC(CO)CCC[C@](O)(C(F)(F)F)c2nnc(o2)-c2nc(c(C(F)(F)F)cc2N)O1. The minimum Gasteiger partial charge on any atom is -0.474 e. The zero-order valence-electron chi connectivity index (χ0n) is 16.7. The summed E-state index contributed by atoms with van der Waals surface area (Å²) in [7, 11) is 0. The zero-order chi connectivity index (χ0) is 23.9. The smallest absolute Gasteiger partial charge is 0.426 e. The normalized spacial score (nSPS) is 25.2. The molecule has 2 aromatic heterocycles. The lowest BCUT2D eigenvalue weighted by Gasteiger charge is -2.28. The van der Waals surface area contributed by atoms with Crippen LogP contribution in [-0.2, 0) is 11.8 Å². The first-order chi connectivity index (χ1) is 14.8. The van der Waals surface area contributed by atoms with Gasteiger partial charge in [0.2, 0.25) is 11.5 Å². The van der Waals surface area contributed by atoms with E-state index >= 15 is 0 Å². The van der Waals surface area contributed by atoms with Crippen molar-refractivity contribution in [3.05, 3.63) is 17.5 Å².